The molecule has 1 N–H and O–H groups in total. The number of nitrogens with one attached hydrogen (secondary N) is 1. The van der Waals surface area contributed by atoms with Crippen LogP contribution < -0.4 is 5.32 Å². The van der Waals surface area contributed by atoms with Gasteiger partial charge in [-0.25, -0.2) is 9.78 Å². The fourth-order valence-electron chi connectivity index (χ4n) is 1.83. The van der Waals surface area contributed by atoms with E-state index in [4.69, 9.17) is 4.74 Å². The van der Waals surface area contributed by atoms with Crippen LogP contribution in [0.2, 0.25) is 0 Å². The zero-order chi connectivity index (χ0) is 16.0. The molecule has 22 heavy (non-hydrogen) atoms. The highest BCUT2D eigenvalue weighted by Gasteiger charge is 2.15. The number of aromatic nitrogens is 2. The maximum absolute atomic E-state index is 11.5. The van der Waals surface area contributed by atoms with E-state index >= 15 is 0 Å². The van der Waals surface area contributed by atoms with Crippen LogP contribution in [0.25, 0.3) is 11.3 Å². The van der Waals surface area contributed by atoms with Crippen LogP contribution in [0.3, 0.4) is 0 Å². The average Bonchev–Trinajstić information content (AvgIpc) is 2.91. The quantitative estimate of drug-likeness (QED) is 0.854. The lowest BCUT2D eigenvalue weighted by molar-refractivity contribution is 0.0527. The minimum atomic E-state index is -0.459. The highest BCUT2D eigenvalue weighted by Crippen LogP contribution is 2.21. The molecular formula is C16H21N3O2S. The number of hydrogen-bond donors (Lipinski definition) is 1. The van der Waals surface area contributed by atoms with E-state index in [1.807, 2.05) is 38.3 Å². The second kappa shape index (κ2) is 7.35. The minimum absolute atomic E-state index is 0.371. The van der Waals surface area contributed by atoms with Gasteiger partial charge in [-0.3, -0.25) is 4.98 Å². The number of thiazole rings is 1. The molecule has 2 rings (SSSR count). The van der Waals surface area contributed by atoms with Gasteiger partial charge in [-0.1, -0.05) is 0 Å². The summed E-state index contributed by atoms with van der Waals surface area (Å²) in [4.78, 5) is 20.1. The second-order valence-electron chi connectivity index (χ2n) is 5.89. The molecule has 2 heterocycles. The Bertz CT molecular complexity index is 605. The molecule has 0 aliphatic heterocycles. The van der Waals surface area contributed by atoms with Gasteiger partial charge in [0.2, 0.25) is 0 Å². The molecule has 2 aromatic heterocycles. The SMILES string of the molecule is CC(C)(C)OC(=O)NCCCc1nc(-c2ccncc2)cs1. The van der Waals surface area contributed by atoms with E-state index in [0.717, 1.165) is 29.1 Å². The van der Waals surface area contributed by atoms with E-state index < -0.39 is 5.60 Å². The topological polar surface area (TPSA) is 64.1 Å². The van der Waals surface area contributed by atoms with Crippen molar-refractivity contribution >= 4 is 17.4 Å². The Labute approximate surface area is 134 Å². The Morgan fingerprint density at radius 3 is 2.73 bits per heavy atom. The first-order valence-electron chi connectivity index (χ1n) is 7.26. The number of rotatable bonds is 5. The Hall–Kier alpha value is -1.95. The largest absolute Gasteiger partial charge is 0.444 e. The van der Waals surface area contributed by atoms with E-state index in [-0.39, 0.29) is 6.09 Å². The van der Waals surface area contributed by atoms with Crippen LogP contribution in [-0.4, -0.2) is 28.2 Å². The predicted octanol–water partition coefficient (Wildman–Crippen LogP) is 3.66. The summed E-state index contributed by atoms with van der Waals surface area (Å²) in [6.45, 7) is 6.13. The summed E-state index contributed by atoms with van der Waals surface area (Å²) in [5.74, 6) is 0. The molecule has 0 bridgehead atoms. The molecule has 0 aliphatic rings. The van der Waals surface area contributed by atoms with Crippen LogP contribution in [0.15, 0.2) is 29.9 Å². The number of ether oxygens (including phenoxy) is 1. The maximum atomic E-state index is 11.5. The summed E-state index contributed by atoms with van der Waals surface area (Å²) < 4.78 is 5.18. The van der Waals surface area contributed by atoms with E-state index in [9.17, 15) is 4.79 Å². The maximum Gasteiger partial charge on any atom is 0.407 e. The van der Waals surface area contributed by atoms with Crippen molar-refractivity contribution in [3.8, 4) is 11.3 Å². The summed E-state index contributed by atoms with van der Waals surface area (Å²) >= 11 is 1.64. The van der Waals surface area contributed by atoms with Crippen LogP contribution in [0, 0.1) is 0 Å². The van der Waals surface area contributed by atoms with Crippen LogP contribution in [-0.2, 0) is 11.2 Å². The molecule has 0 spiro atoms. The lowest BCUT2D eigenvalue weighted by atomic mass is 10.2. The van der Waals surface area contributed by atoms with Crippen molar-refractivity contribution in [3.05, 3.63) is 34.9 Å². The first-order valence-corrected chi connectivity index (χ1v) is 8.14. The molecule has 0 aliphatic carbocycles. The zero-order valence-corrected chi connectivity index (χ0v) is 13.9. The van der Waals surface area contributed by atoms with Crippen molar-refractivity contribution in [3.63, 3.8) is 0 Å². The number of pyridine rings is 1. The van der Waals surface area contributed by atoms with Crippen LogP contribution in [0.5, 0.6) is 0 Å². The zero-order valence-electron chi connectivity index (χ0n) is 13.1. The second-order valence-corrected chi connectivity index (χ2v) is 6.84. The molecular weight excluding hydrogens is 298 g/mol. The summed E-state index contributed by atoms with van der Waals surface area (Å²) in [5, 5.41) is 5.87. The van der Waals surface area contributed by atoms with Gasteiger partial charge in [0.15, 0.2) is 0 Å². The van der Waals surface area contributed by atoms with Gasteiger partial charge in [0.1, 0.15) is 5.60 Å². The summed E-state index contributed by atoms with van der Waals surface area (Å²) in [7, 11) is 0. The standard InChI is InChI=1S/C16H21N3O2S/c1-16(2,3)21-15(20)18-8-4-5-14-19-13(11-22-14)12-6-9-17-10-7-12/h6-7,9-11H,4-5,8H2,1-3H3,(H,18,20). The van der Waals surface area contributed by atoms with Gasteiger partial charge in [0.05, 0.1) is 10.7 Å². The monoisotopic (exact) mass is 319 g/mol. The van der Waals surface area contributed by atoms with E-state index in [2.05, 4.69) is 15.3 Å². The van der Waals surface area contributed by atoms with Gasteiger partial charge in [-0.2, -0.15) is 0 Å². The highest BCUT2D eigenvalue weighted by atomic mass is 32.1. The third-order valence-electron chi connectivity index (χ3n) is 2.76. The van der Waals surface area contributed by atoms with Crippen molar-refractivity contribution in [2.24, 2.45) is 0 Å². The first-order chi connectivity index (χ1) is 10.4. The van der Waals surface area contributed by atoms with E-state index in [0.29, 0.717) is 6.54 Å². The normalized spacial score (nSPS) is 11.2. The molecule has 0 saturated carbocycles. The minimum Gasteiger partial charge on any atom is -0.444 e. The Morgan fingerprint density at radius 1 is 1.32 bits per heavy atom. The number of alkyl carbamates (subject to hydrolysis) is 1. The van der Waals surface area contributed by atoms with E-state index in [1.165, 1.54) is 0 Å². The van der Waals surface area contributed by atoms with Gasteiger partial charge in [0.25, 0.3) is 0 Å². The Morgan fingerprint density at radius 2 is 2.05 bits per heavy atom. The van der Waals surface area contributed by atoms with Crippen LogP contribution in [0.4, 0.5) is 4.79 Å². The molecule has 118 valence electrons. The fraction of sp³-hybridized carbons (Fsp3) is 0.438. The van der Waals surface area contributed by atoms with Gasteiger partial charge in [-0.05, 0) is 39.3 Å². The number of amides is 1. The molecule has 0 unspecified atom stereocenters. The van der Waals surface area contributed by atoms with Crippen LogP contribution >= 0.6 is 11.3 Å². The van der Waals surface area contributed by atoms with Crippen molar-refractivity contribution in [2.45, 2.75) is 39.2 Å². The molecule has 0 aromatic carbocycles. The molecule has 5 nitrogen and oxygen atoms in total. The first kappa shape index (κ1) is 16.4. The van der Waals surface area contributed by atoms with Gasteiger partial charge in [0, 0.05) is 36.3 Å². The number of carbonyl (C=O) groups excluding carboxylic acids is 1. The number of aryl methyl sites for hydroxylation is 1. The van der Waals surface area contributed by atoms with Gasteiger partial charge >= 0.3 is 6.09 Å². The van der Waals surface area contributed by atoms with Crippen molar-refractivity contribution in [1.29, 1.82) is 0 Å². The van der Waals surface area contributed by atoms with E-state index in [1.54, 1.807) is 23.7 Å². The third-order valence-corrected chi connectivity index (χ3v) is 3.67. The Balaban J connectivity index is 1.74. The molecule has 6 heteroatoms. The Kier molecular flexibility index (Phi) is 5.49. The van der Waals surface area contributed by atoms with Crippen LogP contribution in [0.1, 0.15) is 32.2 Å². The lowest BCUT2D eigenvalue weighted by Crippen LogP contribution is -2.33. The average molecular weight is 319 g/mol. The smallest absolute Gasteiger partial charge is 0.407 e. The third kappa shape index (κ3) is 5.44. The molecule has 0 saturated heterocycles. The lowest BCUT2D eigenvalue weighted by Gasteiger charge is -2.19. The predicted molar refractivity (Wildman–Crippen MR) is 87.9 cm³/mol. The number of nitrogens with zero attached hydrogens (tertiary/aromatic N) is 2. The number of hydrogen-bond acceptors (Lipinski definition) is 5. The molecule has 0 atom stereocenters. The molecule has 2 aromatic rings. The molecule has 0 radical (unpaired) electrons. The highest BCUT2D eigenvalue weighted by molar-refractivity contribution is 7.09. The van der Waals surface area contributed by atoms with Gasteiger partial charge in [-0.15, -0.1) is 11.3 Å². The summed E-state index contributed by atoms with van der Waals surface area (Å²) in [6, 6.07) is 3.89. The summed E-state index contributed by atoms with van der Waals surface area (Å²) in [5.41, 5.74) is 1.59. The summed E-state index contributed by atoms with van der Waals surface area (Å²) in [6.07, 6.45) is 4.83. The van der Waals surface area contributed by atoms with Crippen molar-refractivity contribution in [2.75, 3.05) is 6.54 Å². The van der Waals surface area contributed by atoms with Crippen molar-refractivity contribution < 1.29 is 9.53 Å². The van der Waals surface area contributed by atoms with Gasteiger partial charge < -0.3 is 10.1 Å². The molecule has 1 amide bonds. The molecule has 0 fully saturated rings. The van der Waals surface area contributed by atoms with Crippen molar-refractivity contribution in [1.82, 2.24) is 15.3 Å². The fourth-order valence-corrected chi connectivity index (χ4v) is 2.67. The number of carbonyl (C=O) groups is 1.